The lowest BCUT2D eigenvalue weighted by atomic mass is 9.77. The number of aromatic nitrogens is 1. The van der Waals surface area contributed by atoms with Gasteiger partial charge in [0.15, 0.2) is 0 Å². The van der Waals surface area contributed by atoms with E-state index in [1.807, 2.05) is 12.3 Å². The molecule has 2 N–H and O–H groups in total. The Morgan fingerprint density at radius 3 is 2.80 bits per heavy atom. The van der Waals surface area contributed by atoms with Crippen molar-refractivity contribution < 1.29 is 9.90 Å². The Morgan fingerprint density at radius 2 is 2.00 bits per heavy atom. The fraction of sp³-hybridized carbons (Fsp3) is 0.500. The standard InChI is InChI=1S/C20H25N3O2/c1-13(24)22-18-8-16-11-23(12-17(16)9-19(18)25)10-15-5-2-4-14-6-3-7-21-20(14)15/h2-7,16-19,25H,8-12H2,1H3,(H,22,24)/t16-,17+,18-,19-/m1/s1. The number of para-hydroxylation sites is 1. The molecule has 1 saturated carbocycles. The zero-order chi connectivity index (χ0) is 17.4. The van der Waals surface area contributed by atoms with Gasteiger partial charge in [-0.15, -0.1) is 0 Å². The predicted molar refractivity (Wildman–Crippen MR) is 96.8 cm³/mol. The Labute approximate surface area is 148 Å². The van der Waals surface area contributed by atoms with Crippen LogP contribution in [0, 0.1) is 11.8 Å². The van der Waals surface area contributed by atoms with E-state index in [9.17, 15) is 9.90 Å². The van der Waals surface area contributed by atoms with Crippen molar-refractivity contribution in [3.8, 4) is 0 Å². The summed E-state index contributed by atoms with van der Waals surface area (Å²) in [6.07, 6.45) is 3.07. The highest BCUT2D eigenvalue weighted by molar-refractivity contribution is 5.81. The van der Waals surface area contributed by atoms with Crippen LogP contribution < -0.4 is 5.32 Å². The normalized spacial score (nSPS) is 29.5. The molecule has 2 aliphatic rings. The van der Waals surface area contributed by atoms with Gasteiger partial charge in [0.25, 0.3) is 0 Å². The summed E-state index contributed by atoms with van der Waals surface area (Å²) in [7, 11) is 0. The van der Waals surface area contributed by atoms with Crippen LogP contribution in [-0.2, 0) is 11.3 Å². The first kappa shape index (κ1) is 16.5. The summed E-state index contributed by atoms with van der Waals surface area (Å²) in [6, 6.07) is 10.3. The molecular weight excluding hydrogens is 314 g/mol. The van der Waals surface area contributed by atoms with Crippen LogP contribution in [0.25, 0.3) is 10.9 Å². The molecule has 1 aromatic carbocycles. The van der Waals surface area contributed by atoms with Gasteiger partial charge in [0.2, 0.25) is 5.91 Å². The van der Waals surface area contributed by atoms with Gasteiger partial charge in [0.1, 0.15) is 0 Å². The number of hydrogen-bond acceptors (Lipinski definition) is 4. The van der Waals surface area contributed by atoms with Gasteiger partial charge in [0.05, 0.1) is 17.7 Å². The van der Waals surface area contributed by atoms with Gasteiger partial charge in [-0.05, 0) is 36.3 Å². The summed E-state index contributed by atoms with van der Waals surface area (Å²) < 4.78 is 0. The second kappa shape index (κ2) is 6.73. The molecule has 1 amide bonds. The van der Waals surface area contributed by atoms with Crippen molar-refractivity contribution in [3.63, 3.8) is 0 Å². The number of carbonyl (C=O) groups excluding carboxylic acids is 1. The van der Waals surface area contributed by atoms with Gasteiger partial charge in [-0.2, -0.15) is 0 Å². The van der Waals surface area contributed by atoms with Crippen LogP contribution in [-0.4, -0.2) is 46.1 Å². The zero-order valence-electron chi connectivity index (χ0n) is 14.6. The Balaban J connectivity index is 1.46. The Morgan fingerprint density at radius 1 is 1.24 bits per heavy atom. The van der Waals surface area contributed by atoms with Crippen LogP contribution in [0.2, 0.25) is 0 Å². The second-order valence-corrected chi connectivity index (χ2v) is 7.55. The first-order chi connectivity index (χ1) is 12.1. The van der Waals surface area contributed by atoms with Crippen molar-refractivity contribution in [1.29, 1.82) is 0 Å². The van der Waals surface area contributed by atoms with E-state index >= 15 is 0 Å². The number of aliphatic hydroxyl groups is 1. The van der Waals surface area contributed by atoms with E-state index in [2.05, 4.69) is 39.5 Å². The van der Waals surface area contributed by atoms with Crippen LogP contribution in [0.3, 0.4) is 0 Å². The topological polar surface area (TPSA) is 65.5 Å². The fourth-order valence-electron chi connectivity index (χ4n) is 4.61. The third kappa shape index (κ3) is 3.39. The van der Waals surface area contributed by atoms with Crippen LogP contribution >= 0.6 is 0 Å². The maximum absolute atomic E-state index is 11.3. The molecule has 4 atom stereocenters. The number of pyridine rings is 1. The van der Waals surface area contributed by atoms with Crippen LogP contribution in [0.1, 0.15) is 25.3 Å². The van der Waals surface area contributed by atoms with Gasteiger partial charge < -0.3 is 10.4 Å². The van der Waals surface area contributed by atoms with Crippen molar-refractivity contribution >= 4 is 16.8 Å². The highest BCUT2D eigenvalue weighted by Crippen LogP contribution is 2.37. The van der Waals surface area contributed by atoms with E-state index in [1.54, 1.807) is 0 Å². The molecule has 5 nitrogen and oxygen atoms in total. The summed E-state index contributed by atoms with van der Waals surface area (Å²) in [5.41, 5.74) is 2.34. The molecule has 1 saturated heterocycles. The molecule has 4 rings (SSSR count). The summed E-state index contributed by atoms with van der Waals surface area (Å²) in [5.74, 6) is 1.00. The van der Waals surface area contributed by atoms with Gasteiger partial charge in [-0.1, -0.05) is 24.3 Å². The van der Waals surface area contributed by atoms with E-state index in [-0.39, 0.29) is 11.9 Å². The predicted octanol–water partition coefficient (Wildman–Crippen LogP) is 1.94. The lowest BCUT2D eigenvalue weighted by molar-refractivity contribution is -0.121. The molecule has 25 heavy (non-hydrogen) atoms. The molecule has 1 aliphatic heterocycles. The molecule has 2 fully saturated rings. The van der Waals surface area contributed by atoms with E-state index in [0.717, 1.165) is 38.0 Å². The van der Waals surface area contributed by atoms with Gasteiger partial charge in [-0.25, -0.2) is 0 Å². The number of fused-ring (bicyclic) bond motifs is 2. The largest absolute Gasteiger partial charge is 0.391 e. The molecule has 0 radical (unpaired) electrons. The third-order valence-electron chi connectivity index (χ3n) is 5.72. The number of rotatable bonds is 3. The molecule has 0 unspecified atom stereocenters. The monoisotopic (exact) mass is 339 g/mol. The summed E-state index contributed by atoms with van der Waals surface area (Å²) >= 11 is 0. The molecule has 0 spiro atoms. The number of nitrogens with zero attached hydrogens (tertiary/aromatic N) is 2. The van der Waals surface area contributed by atoms with E-state index < -0.39 is 6.10 Å². The van der Waals surface area contributed by atoms with E-state index in [1.165, 1.54) is 17.9 Å². The third-order valence-corrected chi connectivity index (χ3v) is 5.72. The quantitative estimate of drug-likeness (QED) is 0.897. The van der Waals surface area contributed by atoms with E-state index in [0.29, 0.717) is 11.8 Å². The highest BCUT2D eigenvalue weighted by atomic mass is 16.3. The molecular formula is C20H25N3O2. The minimum Gasteiger partial charge on any atom is -0.391 e. The van der Waals surface area contributed by atoms with Crippen molar-refractivity contribution in [2.75, 3.05) is 13.1 Å². The molecule has 5 heteroatoms. The van der Waals surface area contributed by atoms with E-state index in [4.69, 9.17) is 0 Å². The second-order valence-electron chi connectivity index (χ2n) is 7.55. The van der Waals surface area contributed by atoms with Crippen LogP contribution in [0.4, 0.5) is 0 Å². The number of amides is 1. The smallest absolute Gasteiger partial charge is 0.217 e. The number of hydrogen-bond donors (Lipinski definition) is 2. The average Bonchev–Trinajstić information content (AvgIpc) is 2.96. The average molecular weight is 339 g/mol. The van der Waals surface area contributed by atoms with Gasteiger partial charge in [-0.3, -0.25) is 14.7 Å². The lowest BCUT2D eigenvalue weighted by Gasteiger charge is -2.35. The van der Waals surface area contributed by atoms with Gasteiger partial charge >= 0.3 is 0 Å². The number of benzene rings is 1. The fourth-order valence-corrected chi connectivity index (χ4v) is 4.61. The van der Waals surface area contributed by atoms with Crippen LogP contribution in [0.15, 0.2) is 36.5 Å². The lowest BCUT2D eigenvalue weighted by Crippen LogP contribution is -2.48. The highest BCUT2D eigenvalue weighted by Gasteiger charge is 2.41. The Bertz CT molecular complexity index is 773. The molecule has 0 bridgehead atoms. The Hall–Kier alpha value is -1.98. The maximum atomic E-state index is 11.3. The molecule has 132 valence electrons. The summed E-state index contributed by atoms with van der Waals surface area (Å²) in [5, 5.41) is 14.4. The SMILES string of the molecule is CC(=O)N[C@@H]1C[C@@H]2CN(Cc3cccc4cccnc34)C[C@@H]2C[C@H]1O. The van der Waals surface area contributed by atoms with Crippen molar-refractivity contribution in [1.82, 2.24) is 15.2 Å². The number of nitrogens with one attached hydrogen (secondary N) is 1. The van der Waals surface area contributed by atoms with Gasteiger partial charge in [0, 0.05) is 38.1 Å². The molecule has 1 aliphatic carbocycles. The number of aliphatic hydroxyl groups excluding tert-OH is 1. The van der Waals surface area contributed by atoms with Crippen molar-refractivity contribution in [3.05, 3.63) is 42.1 Å². The number of likely N-dealkylation sites (tertiary alicyclic amines) is 1. The minimum absolute atomic E-state index is 0.0563. The zero-order valence-corrected chi connectivity index (χ0v) is 14.6. The molecule has 1 aromatic heterocycles. The van der Waals surface area contributed by atoms with Crippen molar-refractivity contribution in [2.24, 2.45) is 11.8 Å². The maximum Gasteiger partial charge on any atom is 0.217 e. The first-order valence-corrected chi connectivity index (χ1v) is 9.10. The Kier molecular flexibility index (Phi) is 4.44. The number of carbonyl (C=O) groups is 1. The molecule has 2 heterocycles. The van der Waals surface area contributed by atoms with Crippen LogP contribution in [0.5, 0.6) is 0 Å². The minimum atomic E-state index is -0.427. The summed E-state index contributed by atoms with van der Waals surface area (Å²) in [6.45, 7) is 4.45. The summed E-state index contributed by atoms with van der Waals surface area (Å²) in [4.78, 5) is 18.4. The molecule has 2 aromatic rings. The first-order valence-electron chi connectivity index (χ1n) is 9.10. The van der Waals surface area contributed by atoms with Crippen molar-refractivity contribution in [2.45, 2.75) is 38.5 Å².